The van der Waals surface area contributed by atoms with E-state index in [1.807, 2.05) is 18.2 Å². The van der Waals surface area contributed by atoms with E-state index >= 15 is 0 Å². The van der Waals surface area contributed by atoms with Gasteiger partial charge in [0.15, 0.2) is 0 Å². The van der Waals surface area contributed by atoms with Gasteiger partial charge in [-0.05, 0) is 44.1 Å². The zero-order valence-electron chi connectivity index (χ0n) is 14.3. The Kier molecular flexibility index (Phi) is 5.63. The Balaban J connectivity index is 1.94. The maximum Gasteiger partial charge on any atom is 0.220 e. The monoisotopic (exact) mass is 303 g/mol. The summed E-state index contributed by atoms with van der Waals surface area (Å²) in [5, 5.41) is 3.21. The van der Waals surface area contributed by atoms with Gasteiger partial charge in [-0.25, -0.2) is 0 Å². The average molecular weight is 303 g/mol. The van der Waals surface area contributed by atoms with E-state index in [1.165, 1.54) is 5.56 Å². The number of benzene rings is 1. The van der Waals surface area contributed by atoms with Crippen LogP contribution in [0, 0.1) is 5.92 Å². The minimum Gasteiger partial charge on any atom is -0.375 e. The molecule has 3 heteroatoms. The number of rotatable bonds is 5. The molecule has 0 radical (unpaired) electrons. The van der Waals surface area contributed by atoms with Gasteiger partial charge in [-0.2, -0.15) is 0 Å². The van der Waals surface area contributed by atoms with Crippen LogP contribution in [0.25, 0.3) is 0 Å². The quantitative estimate of drug-likeness (QED) is 0.896. The summed E-state index contributed by atoms with van der Waals surface area (Å²) in [5.41, 5.74) is 1.12. The van der Waals surface area contributed by atoms with Crippen molar-refractivity contribution < 1.29 is 9.53 Å². The average Bonchev–Trinajstić information content (AvgIpc) is 2.44. The van der Waals surface area contributed by atoms with E-state index in [-0.39, 0.29) is 23.5 Å². The lowest BCUT2D eigenvalue weighted by molar-refractivity contribution is -0.124. The number of hydrogen-bond donors (Lipinski definition) is 1. The van der Waals surface area contributed by atoms with Crippen LogP contribution in [0.4, 0.5) is 0 Å². The second-order valence-corrected chi connectivity index (χ2v) is 7.33. The van der Waals surface area contributed by atoms with Gasteiger partial charge in [0.2, 0.25) is 5.91 Å². The molecule has 1 aliphatic rings. The fourth-order valence-corrected chi connectivity index (χ4v) is 3.28. The number of amides is 1. The maximum atomic E-state index is 12.5. The Labute approximate surface area is 134 Å². The summed E-state index contributed by atoms with van der Waals surface area (Å²) in [6.45, 7) is 9.27. The molecule has 0 aliphatic carbocycles. The van der Waals surface area contributed by atoms with Crippen LogP contribution in [0.2, 0.25) is 0 Å². The third kappa shape index (κ3) is 4.84. The molecule has 1 fully saturated rings. The van der Waals surface area contributed by atoms with E-state index in [0.717, 1.165) is 19.4 Å². The van der Waals surface area contributed by atoms with Crippen molar-refractivity contribution in [2.75, 3.05) is 6.61 Å². The summed E-state index contributed by atoms with van der Waals surface area (Å²) in [6, 6.07) is 10.6. The predicted octanol–water partition coefficient (Wildman–Crippen LogP) is 3.89. The lowest BCUT2D eigenvalue weighted by Crippen LogP contribution is -2.46. The van der Waals surface area contributed by atoms with Crippen molar-refractivity contribution in [3.63, 3.8) is 0 Å². The summed E-state index contributed by atoms with van der Waals surface area (Å²) in [7, 11) is 0. The van der Waals surface area contributed by atoms with Crippen molar-refractivity contribution in [2.24, 2.45) is 5.92 Å². The standard InChI is InChI=1S/C19H29NO2/c1-14(2)17(15-8-6-5-7-9-15)12-18(21)20-16-10-11-22-19(3,4)13-16/h5-9,14,16-17H,10-13H2,1-4H3,(H,20,21)/t16-,17+/m1/s1. The van der Waals surface area contributed by atoms with Gasteiger partial charge < -0.3 is 10.1 Å². The highest BCUT2D eigenvalue weighted by Crippen LogP contribution is 2.28. The van der Waals surface area contributed by atoms with Crippen molar-refractivity contribution in [1.82, 2.24) is 5.32 Å². The van der Waals surface area contributed by atoms with E-state index < -0.39 is 0 Å². The maximum absolute atomic E-state index is 12.5. The molecule has 2 atom stereocenters. The van der Waals surface area contributed by atoms with E-state index in [0.29, 0.717) is 12.3 Å². The lowest BCUT2D eigenvalue weighted by atomic mass is 9.85. The molecule has 1 N–H and O–H groups in total. The molecule has 2 rings (SSSR count). The first-order chi connectivity index (χ1) is 10.4. The zero-order valence-corrected chi connectivity index (χ0v) is 14.3. The highest BCUT2D eigenvalue weighted by molar-refractivity contribution is 5.77. The lowest BCUT2D eigenvalue weighted by Gasteiger charge is -2.36. The summed E-state index contributed by atoms with van der Waals surface area (Å²) >= 11 is 0. The van der Waals surface area contributed by atoms with Gasteiger partial charge in [-0.15, -0.1) is 0 Å². The van der Waals surface area contributed by atoms with Crippen LogP contribution < -0.4 is 5.32 Å². The molecule has 1 aliphatic heterocycles. The van der Waals surface area contributed by atoms with Gasteiger partial charge in [0, 0.05) is 19.1 Å². The molecule has 1 aromatic carbocycles. The molecule has 0 bridgehead atoms. The van der Waals surface area contributed by atoms with E-state index in [9.17, 15) is 4.79 Å². The van der Waals surface area contributed by atoms with Crippen LogP contribution in [-0.4, -0.2) is 24.2 Å². The Morgan fingerprint density at radius 2 is 2.00 bits per heavy atom. The van der Waals surface area contributed by atoms with Crippen LogP contribution in [0.15, 0.2) is 30.3 Å². The molecule has 1 aromatic rings. The van der Waals surface area contributed by atoms with Gasteiger partial charge in [0.05, 0.1) is 5.60 Å². The number of hydrogen-bond acceptors (Lipinski definition) is 2. The van der Waals surface area contributed by atoms with Gasteiger partial charge in [-0.1, -0.05) is 44.2 Å². The smallest absolute Gasteiger partial charge is 0.220 e. The van der Waals surface area contributed by atoms with E-state index in [2.05, 4.69) is 45.1 Å². The second-order valence-electron chi connectivity index (χ2n) is 7.33. The van der Waals surface area contributed by atoms with Gasteiger partial charge in [-0.3, -0.25) is 4.79 Å². The highest BCUT2D eigenvalue weighted by atomic mass is 16.5. The molecule has 1 saturated heterocycles. The largest absolute Gasteiger partial charge is 0.375 e. The van der Waals surface area contributed by atoms with Crippen LogP contribution in [0.1, 0.15) is 58.4 Å². The molecule has 0 spiro atoms. The fourth-order valence-electron chi connectivity index (χ4n) is 3.28. The molecule has 0 aromatic heterocycles. The molecule has 1 heterocycles. The highest BCUT2D eigenvalue weighted by Gasteiger charge is 2.30. The summed E-state index contributed by atoms with van der Waals surface area (Å²) < 4.78 is 5.71. The summed E-state index contributed by atoms with van der Waals surface area (Å²) in [4.78, 5) is 12.5. The van der Waals surface area contributed by atoms with Crippen molar-refractivity contribution in [2.45, 2.75) is 64.5 Å². The molecule has 3 nitrogen and oxygen atoms in total. The van der Waals surface area contributed by atoms with E-state index in [4.69, 9.17) is 4.74 Å². The Bertz CT molecular complexity index is 481. The van der Waals surface area contributed by atoms with Gasteiger partial charge >= 0.3 is 0 Å². The van der Waals surface area contributed by atoms with Gasteiger partial charge in [0.1, 0.15) is 0 Å². The van der Waals surface area contributed by atoms with Crippen molar-refractivity contribution in [3.8, 4) is 0 Å². The van der Waals surface area contributed by atoms with Crippen molar-refractivity contribution >= 4 is 5.91 Å². The number of carbonyl (C=O) groups is 1. The predicted molar refractivity (Wildman–Crippen MR) is 89.8 cm³/mol. The summed E-state index contributed by atoms with van der Waals surface area (Å²) in [5.74, 6) is 0.874. The topological polar surface area (TPSA) is 38.3 Å². The van der Waals surface area contributed by atoms with Crippen LogP contribution in [-0.2, 0) is 9.53 Å². The third-order valence-corrected chi connectivity index (χ3v) is 4.50. The van der Waals surface area contributed by atoms with Crippen molar-refractivity contribution in [1.29, 1.82) is 0 Å². The molecule has 122 valence electrons. The molecule has 0 saturated carbocycles. The molecule has 1 amide bonds. The fraction of sp³-hybridized carbons (Fsp3) is 0.632. The number of carbonyl (C=O) groups excluding carboxylic acids is 1. The van der Waals surface area contributed by atoms with Gasteiger partial charge in [0.25, 0.3) is 0 Å². The minimum atomic E-state index is -0.132. The first-order valence-corrected chi connectivity index (χ1v) is 8.35. The molecule has 22 heavy (non-hydrogen) atoms. The molecular weight excluding hydrogens is 274 g/mol. The van der Waals surface area contributed by atoms with Crippen LogP contribution in [0.5, 0.6) is 0 Å². The van der Waals surface area contributed by atoms with Crippen LogP contribution in [0.3, 0.4) is 0 Å². The summed E-state index contributed by atoms with van der Waals surface area (Å²) in [6.07, 6.45) is 2.35. The first kappa shape index (κ1) is 17.0. The third-order valence-electron chi connectivity index (χ3n) is 4.50. The second kappa shape index (κ2) is 7.28. The Morgan fingerprint density at radius 1 is 1.32 bits per heavy atom. The minimum absolute atomic E-state index is 0.132. The Hall–Kier alpha value is -1.35. The normalized spacial score (nSPS) is 22.3. The van der Waals surface area contributed by atoms with E-state index in [1.54, 1.807) is 0 Å². The number of nitrogens with one attached hydrogen (secondary N) is 1. The molecule has 0 unspecified atom stereocenters. The molecular formula is C19H29NO2. The van der Waals surface area contributed by atoms with Crippen molar-refractivity contribution in [3.05, 3.63) is 35.9 Å². The number of ether oxygens (including phenoxy) is 1. The SMILES string of the molecule is CC(C)[C@H](CC(=O)N[C@@H]1CCOC(C)(C)C1)c1ccccc1. The van der Waals surface area contributed by atoms with Crippen LogP contribution >= 0.6 is 0 Å². The first-order valence-electron chi connectivity index (χ1n) is 8.35. The zero-order chi connectivity index (χ0) is 16.2. The Morgan fingerprint density at radius 3 is 2.59 bits per heavy atom.